The maximum Gasteiger partial charge on any atom is 0.246 e. The molecule has 0 unspecified atom stereocenters. The van der Waals surface area contributed by atoms with E-state index in [1.165, 1.54) is 25.7 Å². The molecule has 8 nitrogen and oxygen atoms in total. The van der Waals surface area contributed by atoms with Crippen molar-refractivity contribution in [2.45, 2.75) is 58.7 Å². The van der Waals surface area contributed by atoms with Gasteiger partial charge in [-0.15, -0.1) is 0 Å². The van der Waals surface area contributed by atoms with Crippen LogP contribution in [0.2, 0.25) is 0 Å². The van der Waals surface area contributed by atoms with Gasteiger partial charge in [0.25, 0.3) is 0 Å². The maximum absolute atomic E-state index is 12.0. The molecule has 2 saturated carbocycles. The van der Waals surface area contributed by atoms with Gasteiger partial charge in [-0.25, -0.2) is 4.98 Å². The van der Waals surface area contributed by atoms with Crippen LogP contribution < -0.4 is 15.5 Å². The fourth-order valence-corrected chi connectivity index (χ4v) is 5.24. The second-order valence-electron chi connectivity index (χ2n) is 8.97. The van der Waals surface area contributed by atoms with Crippen molar-refractivity contribution in [3.63, 3.8) is 0 Å². The number of nitrogens with one attached hydrogen (secondary N) is 2. The highest BCUT2D eigenvalue weighted by molar-refractivity contribution is 6.03. The molecule has 5 rings (SSSR count). The second-order valence-corrected chi connectivity index (χ2v) is 8.97. The molecule has 4 atom stereocenters. The van der Waals surface area contributed by atoms with Gasteiger partial charge in [0, 0.05) is 31.9 Å². The van der Waals surface area contributed by atoms with E-state index in [0.717, 1.165) is 41.4 Å². The highest BCUT2D eigenvalue weighted by Gasteiger charge is 2.39. The summed E-state index contributed by atoms with van der Waals surface area (Å²) in [6, 6.07) is -0.256. The minimum absolute atomic E-state index is 0.0321. The molecule has 0 spiro atoms. The van der Waals surface area contributed by atoms with Gasteiger partial charge < -0.3 is 15.5 Å². The predicted molar refractivity (Wildman–Crippen MR) is 112 cm³/mol. The molecule has 0 radical (unpaired) electrons. The largest absolute Gasteiger partial charge is 0.350 e. The Bertz CT molecular complexity index is 939. The Labute approximate surface area is 171 Å². The molecule has 2 fully saturated rings. The van der Waals surface area contributed by atoms with Crippen LogP contribution in [0.1, 0.15) is 43.9 Å². The summed E-state index contributed by atoms with van der Waals surface area (Å²) >= 11 is 0. The molecule has 1 aliphatic heterocycles. The van der Waals surface area contributed by atoms with E-state index in [1.54, 1.807) is 0 Å². The summed E-state index contributed by atoms with van der Waals surface area (Å²) in [7, 11) is 1.89. The first-order valence-corrected chi connectivity index (χ1v) is 10.7. The van der Waals surface area contributed by atoms with Gasteiger partial charge in [0.1, 0.15) is 11.7 Å². The quantitative estimate of drug-likeness (QED) is 0.809. The van der Waals surface area contributed by atoms with Crippen LogP contribution >= 0.6 is 0 Å². The number of carbonyl (C=O) groups excluding carboxylic acids is 1. The van der Waals surface area contributed by atoms with E-state index in [4.69, 9.17) is 0 Å². The van der Waals surface area contributed by atoms with Crippen LogP contribution in [0.5, 0.6) is 0 Å². The van der Waals surface area contributed by atoms with Crippen molar-refractivity contribution in [3.8, 4) is 0 Å². The summed E-state index contributed by atoms with van der Waals surface area (Å²) in [5.74, 6) is 3.97. The van der Waals surface area contributed by atoms with Gasteiger partial charge >= 0.3 is 0 Å². The lowest BCUT2D eigenvalue weighted by molar-refractivity contribution is -0.117. The smallest absolute Gasteiger partial charge is 0.246 e. The predicted octanol–water partition coefficient (Wildman–Crippen LogP) is 2.81. The lowest BCUT2D eigenvalue weighted by Gasteiger charge is -2.32. The molecule has 0 aromatic carbocycles. The molecule has 8 heteroatoms. The molecular weight excluding hydrogens is 366 g/mol. The van der Waals surface area contributed by atoms with Gasteiger partial charge in [0.15, 0.2) is 5.82 Å². The van der Waals surface area contributed by atoms with E-state index in [2.05, 4.69) is 36.6 Å². The summed E-state index contributed by atoms with van der Waals surface area (Å²) in [4.78, 5) is 23.1. The van der Waals surface area contributed by atoms with Gasteiger partial charge in [-0.2, -0.15) is 10.1 Å². The first kappa shape index (κ1) is 18.4. The van der Waals surface area contributed by atoms with Crippen LogP contribution in [0.15, 0.2) is 12.4 Å². The molecule has 29 heavy (non-hydrogen) atoms. The van der Waals surface area contributed by atoms with E-state index in [1.807, 2.05) is 32.0 Å². The fraction of sp³-hybridized carbons (Fsp3) is 0.619. The number of hydrogen-bond acceptors (Lipinski definition) is 6. The number of anilines is 3. The molecule has 2 aromatic rings. The Morgan fingerprint density at radius 1 is 1.28 bits per heavy atom. The van der Waals surface area contributed by atoms with E-state index in [0.29, 0.717) is 18.2 Å². The number of likely N-dealkylation sites (N-methyl/N-ethyl adjacent to an activating group) is 1. The topological polar surface area (TPSA) is 88.0 Å². The maximum atomic E-state index is 12.0. The van der Waals surface area contributed by atoms with Gasteiger partial charge in [-0.1, -0.05) is 6.42 Å². The van der Waals surface area contributed by atoms with Crippen LogP contribution in [0.25, 0.3) is 0 Å². The van der Waals surface area contributed by atoms with Crippen LogP contribution in [0.3, 0.4) is 0 Å². The summed E-state index contributed by atoms with van der Waals surface area (Å²) in [6.07, 6.45) is 9.73. The van der Waals surface area contributed by atoms with Crippen molar-refractivity contribution < 1.29 is 4.79 Å². The molecule has 2 aromatic heterocycles. The minimum atomic E-state index is -0.256. The van der Waals surface area contributed by atoms with Gasteiger partial charge in [0.05, 0.1) is 11.9 Å². The highest BCUT2D eigenvalue weighted by atomic mass is 16.2. The van der Waals surface area contributed by atoms with Crippen molar-refractivity contribution in [2.75, 3.05) is 22.6 Å². The fourth-order valence-electron chi connectivity index (χ4n) is 5.24. The number of aromatic nitrogens is 4. The van der Waals surface area contributed by atoms with Crippen LogP contribution in [-0.2, 0) is 17.9 Å². The number of fused-ring (bicyclic) bond motifs is 3. The number of hydrogen-bond donors (Lipinski definition) is 2. The SMILES string of the molecule is Cc1nc(NCc2cnn(C[C@H]3C[C@H]4CC[C@@H]3C4)c2)nc2c1NC(=O)[C@H](C)N2C. The molecule has 0 saturated heterocycles. The van der Waals surface area contributed by atoms with Gasteiger partial charge in [0.2, 0.25) is 11.9 Å². The minimum Gasteiger partial charge on any atom is -0.350 e. The monoisotopic (exact) mass is 395 g/mol. The Morgan fingerprint density at radius 2 is 2.14 bits per heavy atom. The number of amides is 1. The van der Waals surface area contributed by atoms with Gasteiger partial charge in [-0.05, 0) is 50.9 Å². The molecule has 2 aliphatic carbocycles. The zero-order valence-corrected chi connectivity index (χ0v) is 17.4. The Kier molecular flexibility index (Phi) is 4.44. The Balaban J connectivity index is 1.25. The highest BCUT2D eigenvalue weighted by Crippen LogP contribution is 2.48. The lowest BCUT2D eigenvalue weighted by Crippen LogP contribution is -2.44. The molecule has 2 bridgehead atoms. The molecule has 3 aliphatic rings. The van der Waals surface area contributed by atoms with E-state index >= 15 is 0 Å². The first-order chi connectivity index (χ1) is 14.0. The molecule has 2 N–H and O–H groups in total. The van der Waals surface area contributed by atoms with Crippen LogP contribution in [0.4, 0.5) is 17.5 Å². The summed E-state index contributed by atoms with van der Waals surface area (Å²) in [6.45, 7) is 5.43. The second kappa shape index (κ2) is 7.00. The van der Waals surface area contributed by atoms with Crippen molar-refractivity contribution in [3.05, 3.63) is 23.7 Å². The third-order valence-electron chi connectivity index (χ3n) is 7.06. The summed E-state index contributed by atoms with van der Waals surface area (Å²) in [5, 5.41) is 10.8. The molecule has 3 heterocycles. The average Bonchev–Trinajstić information content (AvgIpc) is 3.43. The van der Waals surface area contributed by atoms with Crippen LogP contribution in [0, 0.1) is 24.7 Å². The van der Waals surface area contributed by atoms with E-state index < -0.39 is 0 Å². The van der Waals surface area contributed by atoms with Crippen molar-refractivity contribution in [1.29, 1.82) is 0 Å². The van der Waals surface area contributed by atoms with Crippen molar-refractivity contribution in [2.24, 2.45) is 17.8 Å². The zero-order chi connectivity index (χ0) is 20.1. The first-order valence-electron chi connectivity index (χ1n) is 10.7. The molecule has 154 valence electrons. The summed E-state index contributed by atoms with van der Waals surface area (Å²) in [5.41, 5.74) is 2.58. The molecular formula is C21H29N7O. The number of nitrogens with zero attached hydrogens (tertiary/aromatic N) is 5. The lowest BCUT2D eigenvalue weighted by atomic mass is 9.89. The number of rotatable bonds is 5. The Morgan fingerprint density at radius 3 is 2.90 bits per heavy atom. The zero-order valence-electron chi connectivity index (χ0n) is 17.4. The third-order valence-corrected chi connectivity index (χ3v) is 7.06. The average molecular weight is 396 g/mol. The standard InChI is InChI=1S/C21H29N7O/c1-12-18-19(27(3)13(2)20(29)25-18)26-21(24-12)22-8-15-9-23-28(10-15)11-17-7-14-4-5-16(17)6-14/h9-10,13-14,16-17H,4-8,11H2,1-3H3,(H,25,29)(H,22,24,26)/t13-,14-,16+,17+/m0/s1. The Hall–Kier alpha value is -2.64. The van der Waals surface area contributed by atoms with Crippen molar-refractivity contribution >= 4 is 23.4 Å². The van der Waals surface area contributed by atoms with E-state index in [9.17, 15) is 4.79 Å². The third kappa shape index (κ3) is 3.34. The number of carbonyl (C=O) groups is 1. The van der Waals surface area contributed by atoms with Gasteiger partial charge in [-0.3, -0.25) is 9.48 Å². The van der Waals surface area contributed by atoms with E-state index in [-0.39, 0.29) is 11.9 Å². The molecule has 1 amide bonds. The van der Waals surface area contributed by atoms with Crippen molar-refractivity contribution in [1.82, 2.24) is 19.7 Å². The number of aryl methyl sites for hydroxylation is 1. The normalized spacial score (nSPS) is 27.8. The summed E-state index contributed by atoms with van der Waals surface area (Å²) < 4.78 is 2.10. The van der Waals surface area contributed by atoms with Crippen LogP contribution in [-0.4, -0.2) is 38.7 Å².